The van der Waals surface area contributed by atoms with Crippen LogP contribution in [0.1, 0.15) is 5.69 Å². The molecule has 0 spiro atoms. The summed E-state index contributed by atoms with van der Waals surface area (Å²) in [7, 11) is -3.37. The molecule has 1 aromatic heterocycles. The summed E-state index contributed by atoms with van der Waals surface area (Å²) in [6.45, 7) is -0.335. The molecule has 0 saturated carbocycles. The molecule has 0 atom stereocenters. The van der Waals surface area contributed by atoms with Crippen molar-refractivity contribution in [2.75, 3.05) is 12.0 Å². The third-order valence-electron chi connectivity index (χ3n) is 1.74. The zero-order chi connectivity index (χ0) is 13.8. The number of carboxylic acids is 1. The fourth-order valence-electron chi connectivity index (χ4n) is 1.11. The van der Waals surface area contributed by atoms with Crippen molar-refractivity contribution in [2.24, 2.45) is 0 Å². The Balaban J connectivity index is 2.46. The summed E-state index contributed by atoms with van der Waals surface area (Å²) in [6, 6.07) is 0. The number of nitrogens with one attached hydrogen (secondary N) is 1. The minimum absolute atomic E-state index is 0.00598. The molecule has 0 unspecified atom stereocenters. The molecule has 0 aliphatic heterocycles. The Morgan fingerprint density at radius 2 is 2.17 bits per heavy atom. The van der Waals surface area contributed by atoms with Crippen LogP contribution in [0.5, 0.6) is 0 Å². The molecule has 0 aliphatic carbocycles. The number of aliphatic carboxylic acids is 1. The lowest BCUT2D eigenvalue weighted by atomic mass is 10.4. The highest BCUT2D eigenvalue weighted by atomic mass is 32.2. The van der Waals surface area contributed by atoms with Gasteiger partial charge in [0.1, 0.15) is 18.0 Å². The lowest BCUT2D eigenvalue weighted by molar-refractivity contribution is -0.138. The van der Waals surface area contributed by atoms with Crippen molar-refractivity contribution in [3.8, 4) is 0 Å². The summed E-state index contributed by atoms with van der Waals surface area (Å²) >= 11 is 0. The van der Waals surface area contributed by atoms with Gasteiger partial charge in [0.25, 0.3) is 0 Å². The van der Waals surface area contributed by atoms with E-state index in [2.05, 4.69) is 15.6 Å². The lowest BCUT2D eigenvalue weighted by Gasteiger charge is -2.00. The fourth-order valence-corrected chi connectivity index (χ4v) is 1.69. The zero-order valence-electron chi connectivity index (χ0n) is 9.53. The first-order valence-corrected chi connectivity index (χ1v) is 6.87. The van der Waals surface area contributed by atoms with Gasteiger partial charge >= 0.3 is 5.97 Å². The standard InChI is InChI=1S/C8H12N4O5S/c1-18(16,17)5-7(13)9-2-6-3-12(11-10-6)4-8(14)15/h3H,2,4-5H2,1H3,(H,9,13)(H,14,15). The summed E-state index contributed by atoms with van der Waals surface area (Å²) in [5, 5.41) is 18.0. The summed E-state index contributed by atoms with van der Waals surface area (Å²) < 4.78 is 22.7. The molecule has 1 amide bonds. The fraction of sp³-hybridized carbons (Fsp3) is 0.500. The summed E-state index contributed by atoms with van der Waals surface area (Å²) in [5.41, 5.74) is 0.345. The van der Waals surface area contributed by atoms with E-state index in [4.69, 9.17) is 5.11 Å². The topological polar surface area (TPSA) is 131 Å². The Morgan fingerprint density at radius 1 is 1.50 bits per heavy atom. The van der Waals surface area contributed by atoms with Crippen LogP contribution in [0.2, 0.25) is 0 Å². The van der Waals surface area contributed by atoms with Crippen LogP contribution in [0.3, 0.4) is 0 Å². The molecule has 0 aromatic carbocycles. The van der Waals surface area contributed by atoms with Gasteiger partial charge in [-0.25, -0.2) is 13.1 Å². The maximum absolute atomic E-state index is 11.2. The van der Waals surface area contributed by atoms with Crippen LogP contribution in [0.15, 0.2) is 6.20 Å². The quantitative estimate of drug-likeness (QED) is 0.615. The van der Waals surface area contributed by atoms with Crippen LogP contribution in [-0.4, -0.2) is 52.4 Å². The molecule has 10 heteroatoms. The Hall–Kier alpha value is -1.97. The highest BCUT2D eigenvalue weighted by Crippen LogP contribution is 1.93. The molecule has 0 radical (unpaired) electrons. The third kappa shape index (κ3) is 5.39. The normalized spacial score (nSPS) is 11.2. The van der Waals surface area contributed by atoms with Crippen molar-refractivity contribution in [1.82, 2.24) is 20.3 Å². The number of sulfone groups is 1. The first kappa shape index (κ1) is 14.1. The van der Waals surface area contributed by atoms with E-state index in [9.17, 15) is 18.0 Å². The predicted octanol–water partition coefficient (Wildman–Crippen LogP) is -1.98. The van der Waals surface area contributed by atoms with Gasteiger partial charge in [-0.3, -0.25) is 9.59 Å². The Kier molecular flexibility index (Phi) is 4.37. The zero-order valence-corrected chi connectivity index (χ0v) is 10.3. The molecule has 1 aromatic rings. The smallest absolute Gasteiger partial charge is 0.325 e. The van der Waals surface area contributed by atoms with Crippen LogP contribution in [0.4, 0.5) is 0 Å². The minimum Gasteiger partial charge on any atom is -0.480 e. The molecule has 0 saturated heterocycles. The van der Waals surface area contributed by atoms with Crippen LogP contribution in [0, 0.1) is 0 Å². The third-order valence-corrected chi connectivity index (χ3v) is 2.53. The molecular formula is C8H12N4O5S. The molecule has 9 nitrogen and oxygen atoms in total. The van der Waals surface area contributed by atoms with Crippen LogP contribution in [0.25, 0.3) is 0 Å². The van der Waals surface area contributed by atoms with Gasteiger partial charge < -0.3 is 10.4 Å². The molecule has 1 heterocycles. The Morgan fingerprint density at radius 3 is 2.72 bits per heavy atom. The summed E-state index contributed by atoms with van der Waals surface area (Å²) in [6.07, 6.45) is 2.31. The van der Waals surface area contributed by atoms with Crippen molar-refractivity contribution >= 4 is 21.7 Å². The maximum Gasteiger partial charge on any atom is 0.325 e. The largest absolute Gasteiger partial charge is 0.480 e. The van der Waals surface area contributed by atoms with Gasteiger partial charge in [-0.05, 0) is 0 Å². The molecular weight excluding hydrogens is 264 g/mol. The Labute approximate surface area is 103 Å². The molecule has 0 bridgehead atoms. The summed E-state index contributed by atoms with van der Waals surface area (Å²) in [4.78, 5) is 21.6. The second-order valence-electron chi connectivity index (χ2n) is 3.65. The highest BCUT2D eigenvalue weighted by Gasteiger charge is 2.11. The number of carbonyl (C=O) groups excluding carboxylic acids is 1. The predicted molar refractivity (Wildman–Crippen MR) is 59.2 cm³/mol. The van der Waals surface area contributed by atoms with E-state index in [1.807, 2.05) is 0 Å². The molecule has 1 rings (SSSR count). The maximum atomic E-state index is 11.2. The van der Waals surface area contributed by atoms with E-state index in [1.165, 1.54) is 6.20 Å². The van der Waals surface area contributed by atoms with Gasteiger partial charge in [-0.15, -0.1) is 5.10 Å². The van der Waals surface area contributed by atoms with Gasteiger partial charge in [0.05, 0.1) is 12.7 Å². The highest BCUT2D eigenvalue weighted by molar-refractivity contribution is 7.91. The van der Waals surface area contributed by atoms with Crippen molar-refractivity contribution in [2.45, 2.75) is 13.1 Å². The monoisotopic (exact) mass is 276 g/mol. The van der Waals surface area contributed by atoms with E-state index in [0.717, 1.165) is 10.9 Å². The van der Waals surface area contributed by atoms with Crippen molar-refractivity contribution in [1.29, 1.82) is 0 Å². The van der Waals surface area contributed by atoms with E-state index >= 15 is 0 Å². The number of amides is 1. The number of carbonyl (C=O) groups is 2. The Bertz CT molecular complexity index is 550. The van der Waals surface area contributed by atoms with E-state index in [0.29, 0.717) is 5.69 Å². The van der Waals surface area contributed by atoms with Gasteiger partial charge in [0, 0.05) is 6.26 Å². The molecule has 0 aliphatic rings. The van der Waals surface area contributed by atoms with Crippen molar-refractivity contribution in [3.05, 3.63) is 11.9 Å². The number of hydrogen-bond donors (Lipinski definition) is 2. The minimum atomic E-state index is -3.37. The first-order chi connectivity index (χ1) is 8.26. The number of hydrogen-bond acceptors (Lipinski definition) is 6. The summed E-state index contributed by atoms with van der Waals surface area (Å²) in [5.74, 6) is -2.31. The molecule has 100 valence electrons. The average molecular weight is 276 g/mol. The number of aromatic nitrogens is 3. The molecule has 18 heavy (non-hydrogen) atoms. The lowest BCUT2D eigenvalue weighted by Crippen LogP contribution is -2.29. The van der Waals surface area contributed by atoms with Crippen molar-refractivity contribution < 1.29 is 23.1 Å². The van der Waals surface area contributed by atoms with Gasteiger partial charge in [0.2, 0.25) is 5.91 Å². The number of rotatable bonds is 6. The van der Waals surface area contributed by atoms with Crippen LogP contribution >= 0.6 is 0 Å². The van der Waals surface area contributed by atoms with Crippen molar-refractivity contribution in [3.63, 3.8) is 0 Å². The van der Waals surface area contributed by atoms with E-state index in [1.54, 1.807) is 0 Å². The number of carboxylic acid groups (broad SMARTS) is 1. The second kappa shape index (κ2) is 5.58. The molecule has 0 fully saturated rings. The second-order valence-corrected chi connectivity index (χ2v) is 5.79. The van der Waals surface area contributed by atoms with Gasteiger partial charge in [0.15, 0.2) is 9.84 Å². The average Bonchev–Trinajstić information content (AvgIpc) is 2.59. The number of nitrogens with zero attached hydrogens (tertiary/aromatic N) is 3. The molecule has 2 N–H and O–H groups in total. The van der Waals surface area contributed by atoms with Gasteiger partial charge in [-0.2, -0.15) is 0 Å². The van der Waals surface area contributed by atoms with E-state index < -0.39 is 27.5 Å². The van der Waals surface area contributed by atoms with Gasteiger partial charge in [-0.1, -0.05) is 5.21 Å². The van der Waals surface area contributed by atoms with Crippen LogP contribution < -0.4 is 5.32 Å². The SMILES string of the molecule is CS(=O)(=O)CC(=O)NCc1cn(CC(=O)O)nn1. The van der Waals surface area contributed by atoms with E-state index in [-0.39, 0.29) is 13.1 Å². The first-order valence-electron chi connectivity index (χ1n) is 4.81. The van der Waals surface area contributed by atoms with Crippen LogP contribution in [-0.2, 0) is 32.5 Å².